The smallest absolute Gasteiger partial charge is 0.0719 e. The molecule has 0 atom stereocenters. The Balaban J connectivity index is 2.37. The fourth-order valence-electron chi connectivity index (χ4n) is 1.71. The molecule has 2 heteroatoms. The maximum atomic E-state index is 5.67. The molecule has 2 nitrogen and oxygen atoms in total. The van der Waals surface area contributed by atoms with Gasteiger partial charge in [-0.1, -0.05) is 30.3 Å². The van der Waals surface area contributed by atoms with Gasteiger partial charge in [0, 0.05) is 6.61 Å². The molecule has 1 N–H and O–H groups in total. The number of allylic oxidation sites excluding steroid dienone is 1. The fraction of sp³-hybridized carbons (Fsp3) is 0.467. The molecule has 0 heterocycles. The molecule has 0 bridgehead atoms. The Morgan fingerprint density at radius 2 is 2.06 bits per heavy atom. The van der Waals surface area contributed by atoms with Gasteiger partial charge in [0.2, 0.25) is 0 Å². The van der Waals surface area contributed by atoms with Gasteiger partial charge in [0.1, 0.15) is 0 Å². The van der Waals surface area contributed by atoms with Gasteiger partial charge in [-0.15, -0.1) is 6.58 Å². The SMILES string of the molecule is C=CCCCOCc1ccccc1CCNC. The summed E-state index contributed by atoms with van der Waals surface area (Å²) in [5, 5.41) is 3.18. The molecule has 0 aliphatic rings. The molecule has 0 spiro atoms. The summed E-state index contributed by atoms with van der Waals surface area (Å²) in [6.45, 7) is 6.24. The van der Waals surface area contributed by atoms with E-state index in [1.54, 1.807) is 0 Å². The van der Waals surface area contributed by atoms with Crippen molar-refractivity contribution in [2.24, 2.45) is 0 Å². The third-order valence-electron chi connectivity index (χ3n) is 2.72. The second kappa shape index (κ2) is 8.97. The molecule has 0 unspecified atom stereocenters. The molecule has 1 rings (SSSR count). The van der Waals surface area contributed by atoms with Crippen LogP contribution in [0.4, 0.5) is 0 Å². The van der Waals surface area contributed by atoms with Crippen LogP contribution in [-0.4, -0.2) is 20.2 Å². The first-order valence-electron chi connectivity index (χ1n) is 6.28. The van der Waals surface area contributed by atoms with E-state index >= 15 is 0 Å². The standard InChI is InChI=1S/C15H23NO/c1-3-4-7-12-17-13-15-9-6-5-8-14(15)10-11-16-2/h3,5-6,8-9,16H,1,4,7,10-13H2,2H3. The van der Waals surface area contributed by atoms with Gasteiger partial charge in [-0.2, -0.15) is 0 Å². The van der Waals surface area contributed by atoms with Crippen LogP contribution in [0.15, 0.2) is 36.9 Å². The van der Waals surface area contributed by atoms with Crippen LogP contribution in [0.2, 0.25) is 0 Å². The monoisotopic (exact) mass is 233 g/mol. The minimum Gasteiger partial charge on any atom is -0.377 e. The van der Waals surface area contributed by atoms with E-state index in [1.165, 1.54) is 11.1 Å². The number of benzene rings is 1. The van der Waals surface area contributed by atoms with Crippen molar-refractivity contribution < 1.29 is 4.74 Å². The number of unbranched alkanes of at least 4 members (excludes halogenated alkanes) is 1. The Labute approximate surface area is 105 Å². The summed E-state index contributed by atoms with van der Waals surface area (Å²) in [6.07, 6.45) is 5.08. The summed E-state index contributed by atoms with van der Waals surface area (Å²) in [5.74, 6) is 0. The molecule has 1 aromatic carbocycles. The molecule has 17 heavy (non-hydrogen) atoms. The van der Waals surface area contributed by atoms with Crippen LogP contribution in [0.3, 0.4) is 0 Å². The zero-order valence-electron chi connectivity index (χ0n) is 10.7. The number of ether oxygens (including phenoxy) is 1. The Morgan fingerprint density at radius 1 is 1.29 bits per heavy atom. The predicted molar refractivity (Wildman–Crippen MR) is 73.2 cm³/mol. The lowest BCUT2D eigenvalue weighted by atomic mass is 10.1. The summed E-state index contributed by atoms with van der Waals surface area (Å²) >= 11 is 0. The highest BCUT2D eigenvalue weighted by atomic mass is 16.5. The van der Waals surface area contributed by atoms with Gasteiger partial charge in [-0.25, -0.2) is 0 Å². The van der Waals surface area contributed by atoms with Crippen molar-refractivity contribution in [2.45, 2.75) is 25.9 Å². The Kier molecular flexibility index (Phi) is 7.35. The van der Waals surface area contributed by atoms with Crippen molar-refractivity contribution in [3.63, 3.8) is 0 Å². The fourth-order valence-corrected chi connectivity index (χ4v) is 1.71. The number of hydrogen-bond acceptors (Lipinski definition) is 2. The molecule has 1 aromatic rings. The van der Waals surface area contributed by atoms with Gasteiger partial charge in [0.15, 0.2) is 0 Å². The third-order valence-corrected chi connectivity index (χ3v) is 2.72. The first-order chi connectivity index (χ1) is 8.38. The summed E-state index contributed by atoms with van der Waals surface area (Å²) in [5.41, 5.74) is 2.69. The molecule has 0 fully saturated rings. The number of likely N-dealkylation sites (N-methyl/N-ethyl adjacent to an activating group) is 1. The average Bonchev–Trinajstić information content (AvgIpc) is 2.37. The van der Waals surface area contributed by atoms with Crippen molar-refractivity contribution in [1.29, 1.82) is 0 Å². The number of nitrogens with one attached hydrogen (secondary N) is 1. The van der Waals surface area contributed by atoms with E-state index in [4.69, 9.17) is 4.74 Å². The highest BCUT2D eigenvalue weighted by Crippen LogP contribution is 2.11. The molecule has 0 saturated heterocycles. The summed E-state index contributed by atoms with van der Waals surface area (Å²) in [4.78, 5) is 0. The van der Waals surface area contributed by atoms with Crippen LogP contribution < -0.4 is 5.32 Å². The molecule has 0 saturated carbocycles. The predicted octanol–water partition coefficient (Wildman–Crippen LogP) is 2.93. The highest BCUT2D eigenvalue weighted by molar-refractivity contribution is 5.26. The summed E-state index contributed by atoms with van der Waals surface area (Å²) in [6, 6.07) is 8.50. The second-order valence-electron chi connectivity index (χ2n) is 4.11. The minimum absolute atomic E-state index is 0.719. The van der Waals surface area contributed by atoms with Crippen molar-refractivity contribution in [2.75, 3.05) is 20.2 Å². The van der Waals surface area contributed by atoms with Crippen molar-refractivity contribution in [3.8, 4) is 0 Å². The molecule has 0 amide bonds. The maximum Gasteiger partial charge on any atom is 0.0719 e. The molecule has 0 radical (unpaired) electrons. The zero-order chi connectivity index (χ0) is 12.3. The van der Waals surface area contributed by atoms with E-state index in [2.05, 4.69) is 36.2 Å². The van der Waals surface area contributed by atoms with Crippen LogP contribution in [0.5, 0.6) is 0 Å². The zero-order valence-corrected chi connectivity index (χ0v) is 10.7. The second-order valence-corrected chi connectivity index (χ2v) is 4.11. The van der Waals surface area contributed by atoms with Gasteiger partial charge in [-0.05, 0) is 44.0 Å². The van der Waals surface area contributed by atoms with E-state index in [0.717, 1.165) is 39.0 Å². The van der Waals surface area contributed by atoms with Crippen LogP contribution in [0.25, 0.3) is 0 Å². The number of rotatable bonds is 9. The van der Waals surface area contributed by atoms with E-state index < -0.39 is 0 Å². The Hall–Kier alpha value is -1.12. The molecule has 0 aromatic heterocycles. The maximum absolute atomic E-state index is 5.67. The van der Waals surface area contributed by atoms with Gasteiger partial charge >= 0.3 is 0 Å². The number of hydrogen-bond donors (Lipinski definition) is 1. The van der Waals surface area contributed by atoms with Gasteiger partial charge in [-0.3, -0.25) is 0 Å². The minimum atomic E-state index is 0.719. The normalized spacial score (nSPS) is 10.4. The van der Waals surface area contributed by atoms with Crippen molar-refractivity contribution in [3.05, 3.63) is 48.0 Å². The average molecular weight is 233 g/mol. The topological polar surface area (TPSA) is 21.3 Å². The van der Waals surface area contributed by atoms with Crippen molar-refractivity contribution >= 4 is 0 Å². The van der Waals surface area contributed by atoms with E-state index in [9.17, 15) is 0 Å². The van der Waals surface area contributed by atoms with Crippen LogP contribution >= 0.6 is 0 Å². The van der Waals surface area contributed by atoms with Gasteiger partial charge < -0.3 is 10.1 Å². The largest absolute Gasteiger partial charge is 0.377 e. The lowest BCUT2D eigenvalue weighted by molar-refractivity contribution is 0.118. The first-order valence-corrected chi connectivity index (χ1v) is 6.28. The van der Waals surface area contributed by atoms with Crippen molar-refractivity contribution in [1.82, 2.24) is 5.32 Å². The van der Waals surface area contributed by atoms with Crippen LogP contribution in [-0.2, 0) is 17.8 Å². The van der Waals surface area contributed by atoms with Gasteiger partial charge in [0.25, 0.3) is 0 Å². The molecule has 0 aliphatic heterocycles. The van der Waals surface area contributed by atoms with Gasteiger partial charge in [0.05, 0.1) is 6.61 Å². The summed E-state index contributed by atoms with van der Waals surface area (Å²) < 4.78 is 5.67. The molecular formula is C15H23NO. The van der Waals surface area contributed by atoms with E-state index in [-0.39, 0.29) is 0 Å². The Bertz CT molecular complexity index is 322. The van der Waals surface area contributed by atoms with Crippen LogP contribution in [0.1, 0.15) is 24.0 Å². The highest BCUT2D eigenvalue weighted by Gasteiger charge is 2.01. The Morgan fingerprint density at radius 3 is 2.76 bits per heavy atom. The summed E-state index contributed by atoms with van der Waals surface area (Å²) in [7, 11) is 1.98. The molecule has 94 valence electrons. The lowest BCUT2D eigenvalue weighted by Crippen LogP contribution is -2.11. The lowest BCUT2D eigenvalue weighted by Gasteiger charge is -2.09. The third kappa shape index (κ3) is 5.66. The first kappa shape index (κ1) is 13.9. The quantitative estimate of drug-likeness (QED) is 0.523. The molecule has 0 aliphatic carbocycles. The van der Waals surface area contributed by atoms with E-state index in [0.29, 0.717) is 0 Å². The molecular weight excluding hydrogens is 210 g/mol. The van der Waals surface area contributed by atoms with E-state index in [1.807, 2.05) is 13.1 Å². The van der Waals surface area contributed by atoms with Crippen LogP contribution in [0, 0.1) is 0 Å².